The van der Waals surface area contributed by atoms with Crippen LogP contribution in [0.1, 0.15) is 16.8 Å². The Kier molecular flexibility index (Phi) is 4.87. The van der Waals surface area contributed by atoms with Crippen molar-refractivity contribution < 1.29 is 14.2 Å². The third-order valence-electron chi connectivity index (χ3n) is 2.58. The van der Waals surface area contributed by atoms with Crippen LogP contribution in [0.25, 0.3) is 0 Å². The monoisotopic (exact) mass is 282 g/mol. The zero-order valence-electron chi connectivity index (χ0n) is 11.0. The van der Waals surface area contributed by atoms with E-state index in [-0.39, 0.29) is 24.7 Å². The lowest BCUT2D eigenvalue weighted by atomic mass is 10.2. The molecule has 21 heavy (non-hydrogen) atoms. The van der Waals surface area contributed by atoms with E-state index in [0.29, 0.717) is 11.1 Å². The van der Waals surface area contributed by atoms with Crippen LogP contribution in [0.3, 0.4) is 0 Å². The van der Waals surface area contributed by atoms with Gasteiger partial charge in [-0.2, -0.15) is 5.26 Å². The second-order valence-electron chi connectivity index (χ2n) is 4.05. The van der Waals surface area contributed by atoms with Crippen molar-refractivity contribution in [1.82, 2.24) is 4.98 Å². The van der Waals surface area contributed by atoms with Crippen LogP contribution in [-0.2, 0) is 6.61 Å². The molecule has 0 aliphatic heterocycles. The molecular weight excluding hydrogens is 271 g/mol. The van der Waals surface area contributed by atoms with E-state index in [1.807, 2.05) is 6.07 Å². The molecule has 4 nitrogen and oxygen atoms in total. The van der Waals surface area contributed by atoms with E-state index >= 15 is 0 Å². The lowest BCUT2D eigenvalue weighted by Gasteiger charge is -2.07. The number of aromatic nitrogens is 1. The quantitative estimate of drug-likeness (QED) is 0.875. The number of aliphatic hydroxyl groups excluding tert-OH is 1. The highest BCUT2D eigenvalue weighted by Crippen LogP contribution is 2.19. The predicted octanol–water partition coefficient (Wildman–Crippen LogP) is 2.02. The van der Waals surface area contributed by atoms with Crippen molar-refractivity contribution in [3.63, 3.8) is 0 Å². The molecule has 104 valence electrons. The Hall–Kier alpha value is -2.89. The van der Waals surface area contributed by atoms with Crippen molar-refractivity contribution in [2.75, 3.05) is 6.61 Å². The van der Waals surface area contributed by atoms with Crippen LogP contribution in [0, 0.1) is 29.0 Å². The standard InChI is InChI=1S/C16H11FN2O2/c17-15-4-3-12(2-1-7-20)9-16(15)21-11-13-5-6-19-14(8-13)10-18/h3-6,8-9,20H,7,11H2. The van der Waals surface area contributed by atoms with Crippen molar-refractivity contribution in [3.05, 3.63) is 59.2 Å². The second-order valence-corrected chi connectivity index (χ2v) is 4.05. The minimum Gasteiger partial charge on any atom is -0.486 e. The minimum atomic E-state index is -0.501. The number of nitrogens with zero attached hydrogens (tertiary/aromatic N) is 2. The van der Waals surface area contributed by atoms with E-state index in [1.54, 1.807) is 12.1 Å². The highest BCUT2D eigenvalue weighted by Gasteiger charge is 2.05. The number of hydrogen-bond donors (Lipinski definition) is 1. The van der Waals surface area contributed by atoms with Gasteiger partial charge in [-0.25, -0.2) is 9.37 Å². The molecule has 0 spiro atoms. The molecule has 0 saturated heterocycles. The Balaban J connectivity index is 2.13. The maximum atomic E-state index is 13.7. The predicted molar refractivity (Wildman–Crippen MR) is 73.6 cm³/mol. The van der Waals surface area contributed by atoms with Crippen LogP contribution in [0.15, 0.2) is 36.5 Å². The normalized spacial score (nSPS) is 9.38. The van der Waals surface area contributed by atoms with Crippen molar-refractivity contribution in [2.24, 2.45) is 0 Å². The van der Waals surface area contributed by atoms with Gasteiger partial charge in [0.1, 0.15) is 25.0 Å². The van der Waals surface area contributed by atoms with Gasteiger partial charge < -0.3 is 9.84 Å². The van der Waals surface area contributed by atoms with Crippen LogP contribution in [0.2, 0.25) is 0 Å². The Morgan fingerprint density at radius 3 is 2.90 bits per heavy atom. The maximum Gasteiger partial charge on any atom is 0.165 e. The van der Waals surface area contributed by atoms with E-state index in [1.165, 1.54) is 24.4 Å². The van der Waals surface area contributed by atoms with E-state index in [4.69, 9.17) is 15.1 Å². The first-order chi connectivity index (χ1) is 10.2. The molecule has 0 amide bonds. The maximum absolute atomic E-state index is 13.7. The number of nitriles is 1. The molecule has 0 radical (unpaired) electrons. The molecule has 0 saturated carbocycles. The first kappa shape index (κ1) is 14.5. The smallest absolute Gasteiger partial charge is 0.165 e. The van der Waals surface area contributed by atoms with Gasteiger partial charge in [0.05, 0.1) is 0 Å². The molecule has 1 aromatic carbocycles. The number of hydrogen-bond acceptors (Lipinski definition) is 4. The third-order valence-corrected chi connectivity index (χ3v) is 2.58. The number of rotatable bonds is 3. The van der Waals surface area contributed by atoms with Crippen molar-refractivity contribution in [1.29, 1.82) is 5.26 Å². The molecule has 1 heterocycles. The van der Waals surface area contributed by atoms with Gasteiger partial charge >= 0.3 is 0 Å². The summed E-state index contributed by atoms with van der Waals surface area (Å²) in [6.45, 7) is -0.146. The van der Waals surface area contributed by atoms with Gasteiger partial charge in [-0.15, -0.1) is 0 Å². The molecule has 0 atom stereocenters. The largest absolute Gasteiger partial charge is 0.486 e. The fraction of sp³-hybridized carbons (Fsp3) is 0.125. The summed E-state index contributed by atoms with van der Waals surface area (Å²) in [4.78, 5) is 3.85. The summed E-state index contributed by atoms with van der Waals surface area (Å²) in [5.74, 6) is 4.73. The average Bonchev–Trinajstić information content (AvgIpc) is 2.53. The van der Waals surface area contributed by atoms with Gasteiger partial charge in [0.2, 0.25) is 0 Å². The van der Waals surface area contributed by atoms with Gasteiger partial charge in [-0.1, -0.05) is 11.8 Å². The molecule has 2 aromatic rings. The topological polar surface area (TPSA) is 66.1 Å². The first-order valence-corrected chi connectivity index (χ1v) is 6.10. The third kappa shape index (κ3) is 4.04. The molecule has 1 N–H and O–H groups in total. The molecule has 0 aliphatic rings. The number of aliphatic hydroxyl groups is 1. The van der Waals surface area contributed by atoms with Crippen LogP contribution < -0.4 is 4.74 Å². The van der Waals surface area contributed by atoms with E-state index < -0.39 is 5.82 Å². The molecule has 2 rings (SSSR count). The Morgan fingerprint density at radius 2 is 2.14 bits per heavy atom. The molecule has 5 heteroatoms. The second kappa shape index (κ2) is 7.04. The van der Waals surface area contributed by atoms with Crippen LogP contribution in [0.5, 0.6) is 5.75 Å². The molecule has 0 bridgehead atoms. The average molecular weight is 282 g/mol. The van der Waals surface area contributed by atoms with E-state index in [9.17, 15) is 4.39 Å². The molecule has 0 unspecified atom stereocenters. The fourth-order valence-electron chi connectivity index (χ4n) is 1.62. The Bertz CT molecular complexity index is 742. The highest BCUT2D eigenvalue weighted by molar-refractivity contribution is 5.40. The lowest BCUT2D eigenvalue weighted by Crippen LogP contribution is -1.99. The summed E-state index contributed by atoms with van der Waals surface area (Å²) in [5, 5.41) is 17.4. The van der Waals surface area contributed by atoms with Crippen LogP contribution >= 0.6 is 0 Å². The summed E-state index contributed by atoms with van der Waals surface area (Å²) >= 11 is 0. The van der Waals surface area contributed by atoms with Gasteiger partial charge in [-0.3, -0.25) is 0 Å². The summed E-state index contributed by atoms with van der Waals surface area (Å²) in [7, 11) is 0. The first-order valence-electron chi connectivity index (χ1n) is 6.10. The molecule has 0 fully saturated rings. The molecule has 1 aromatic heterocycles. The number of halogens is 1. The Morgan fingerprint density at radius 1 is 1.29 bits per heavy atom. The molecular formula is C16H11FN2O2. The number of ether oxygens (including phenoxy) is 1. The van der Waals surface area contributed by atoms with Gasteiger partial charge in [-0.05, 0) is 35.9 Å². The number of benzene rings is 1. The zero-order chi connectivity index (χ0) is 15.1. The van der Waals surface area contributed by atoms with Gasteiger partial charge in [0.15, 0.2) is 11.6 Å². The van der Waals surface area contributed by atoms with Crippen LogP contribution in [-0.4, -0.2) is 16.7 Å². The van der Waals surface area contributed by atoms with Crippen molar-refractivity contribution in [2.45, 2.75) is 6.61 Å². The summed E-state index contributed by atoms with van der Waals surface area (Å²) < 4.78 is 19.1. The van der Waals surface area contributed by atoms with Crippen molar-refractivity contribution >= 4 is 0 Å². The minimum absolute atomic E-state index is 0.0649. The highest BCUT2D eigenvalue weighted by atomic mass is 19.1. The van der Waals surface area contributed by atoms with Crippen molar-refractivity contribution in [3.8, 4) is 23.7 Å². The SMILES string of the molecule is N#Cc1cc(COc2cc(C#CCO)ccc2F)ccn1. The summed E-state index contributed by atoms with van der Waals surface area (Å²) in [5.41, 5.74) is 1.54. The summed E-state index contributed by atoms with van der Waals surface area (Å²) in [6.07, 6.45) is 1.50. The summed E-state index contributed by atoms with van der Waals surface area (Å²) in [6, 6.07) is 9.41. The van der Waals surface area contributed by atoms with Crippen LogP contribution in [0.4, 0.5) is 4.39 Å². The van der Waals surface area contributed by atoms with E-state index in [2.05, 4.69) is 16.8 Å². The number of pyridine rings is 1. The fourth-order valence-corrected chi connectivity index (χ4v) is 1.62. The Labute approximate surface area is 121 Å². The van der Waals surface area contributed by atoms with Gasteiger partial charge in [0.25, 0.3) is 0 Å². The lowest BCUT2D eigenvalue weighted by molar-refractivity contribution is 0.290. The zero-order valence-corrected chi connectivity index (χ0v) is 11.0. The van der Waals surface area contributed by atoms with Gasteiger partial charge in [0, 0.05) is 11.8 Å². The molecule has 0 aliphatic carbocycles. The van der Waals surface area contributed by atoms with E-state index in [0.717, 1.165) is 0 Å².